The lowest BCUT2D eigenvalue weighted by Gasteiger charge is -2.16. The molecule has 0 aliphatic rings. The van der Waals surface area contributed by atoms with Gasteiger partial charge in [-0.15, -0.1) is 0 Å². The summed E-state index contributed by atoms with van der Waals surface area (Å²) in [6.45, 7) is 2.31. The molecule has 0 aliphatic heterocycles. The van der Waals surface area contributed by atoms with Crippen LogP contribution in [0.3, 0.4) is 0 Å². The maximum absolute atomic E-state index is 11.7. The molecule has 6 heteroatoms. The molecule has 1 aromatic carbocycles. The van der Waals surface area contributed by atoms with E-state index in [-0.39, 0.29) is 11.7 Å². The van der Waals surface area contributed by atoms with Crippen LogP contribution in [0.25, 0.3) is 0 Å². The van der Waals surface area contributed by atoms with Gasteiger partial charge in [-0.25, -0.2) is 9.48 Å². The van der Waals surface area contributed by atoms with Crippen LogP contribution in [-0.2, 0) is 13.6 Å². The maximum atomic E-state index is 11.7. The highest BCUT2D eigenvalue weighted by molar-refractivity contribution is 5.38. The number of aromatic nitrogens is 3. The van der Waals surface area contributed by atoms with Crippen molar-refractivity contribution in [1.82, 2.24) is 14.3 Å². The van der Waals surface area contributed by atoms with Crippen LogP contribution in [0.15, 0.2) is 29.3 Å². The Bertz CT molecular complexity index is 630. The summed E-state index contributed by atoms with van der Waals surface area (Å²) in [6, 6.07) is 5.47. The van der Waals surface area contributed by atoms with Crippen molar-refractivity contribution < 1.29 is 4.74 Å². The lowest BCUT2D eigenvalue weighted by atomic mass is 10.0. The molecule has 1 heterocycles. The van der Waals surface area contributed by atoms with Crippen molar-refractivity contribution >= 4 is 0 Å². The third-order valence-corrected chi connectivity index (χ3v) is 3.04. The van der Waals surface area contributed by atoms with Gasteiger partial charge in [-0.3, -0.25) is 4.57 Å². The highest BCUT2D eigenvalue weighted by Gasteiger charge is 2.14. The first-order chi connectivity index (χ1) is 9.02. The van der Waals surface area contributed by atoms with Crippen LogP contribution < -0.4 is 16.2 Å². The van der Waals surface area contributed by atoms with Crippen LogP contribution in [0, 0.1) is 6.92 Å². The SMILES string of the molecule is COc1ccc(C)cc1C(N)Cn1ncn(C)c1=O. The van der Waals surface area contributed by atoms with E-state index in [1.165, 1.54) is 15.6 Å². The highest BCUT2D eigenvalue weighted by atomic mass is 16.5. The molecule has 0 bridgehead atoms. The molecule has 0 saturated heterocycles. The van der Waals surface area contributed by atoms with E-state index in [4.69, 9.17) is 10.5 Å². The number of aryl methyl sites for hydroxylation is 2. The van der Waals surface area contributed by atoms with Crippen LogP contribution in [0.5, 0.6) is 5.75 Å². The fourth-order valence-corrected chi connectivity index (χ4v) is 1.97. The fourth-order valence-electron chi connectivity index (χ4n) is 1.97. The molecule has 2 rings (SSSR count). The highest BCUT2D eigenvalue weighted by Crippen LogP contribution is 2.25. The number of methoxy groups -OCH3 is 1. The van der Waals surface area contributed by atoms with Gasteiger partial charge in [-0.2, -0.15) is 5.10 Å². The van der Waals surface area contributed by atoms with E-state index in [2.05, 4.69) is 5.10 Å². The van der Waals surface area contributed by atoms with Crippen LogP contribution in [-0.4, -0.2) is 21.5 Å². The van der Waals surface area contributed by atoms with Crippen LogP contribution >= 0.6 is 0 Å². The van der Waals surface area contributed by atoms with Gasteiger partial charge in [0, 0.05) is 12.6 Å². The monoisotopic (exact) mass is 262 g/mol. The Morgan fingerprint density at radius 1 is 1.47 bits per heavy atom. The Morgan fingerprint density at radius 3 is 2.79 bits per heavy atom. The number of hydrogen-bond acceptors (Lipinski definition) is 4. The number of benzene rings is 1. The summed E-state index contributed by atoms with van der Waals surface area (Å²) < 4.78 is 8.07. The van der Waals surface area contributed by atoms with Gasteiger partial charge in [-0.1, -0.05) is 17.7 Å². The average molecular weight is 262 g/mol. The number of nitrogens with two attached hydrogens (primary N) is 1. The number of rotatable bonds is 4. The van der Waals surface area contributed by atoms with Crippen molar-refractivity contribution in [3.63, 3.8) is 0 Å². The molecule has 2 N–H and O–H groups in total. The summed E-state index contributed by atoms with van der Waals surface area (Å²) >= 11 is 0. The second kappa shape index (κ2) is 5.27. The van der Waals surface area contributed by atoms with E-state index >= 15 is 0 Å². The lowest BCUT2D eigenvalue weighted by molar-refractivity contribution is 0.399. The molecular formula is C13H18N4O2. The van der Waals surface area contributed by atoms with E-state index in [9.17, 15) is 4.79 Å². The van der Waals surface area contributed by atoms with Crippen molar-refractivity contribution in [2.45, 2.75) is 19.5 Å². The van der Waals surface area contributed by atoms with Gasteiger partial charge in [0.2, 0.25) is 0 Å². The molecule has 2 aromatic rings. The topological polar surface area (TPSA) is 75.1 Å². The molecule has 0 saturated carbocycles. The molecule has 0 radical (unpaired) electrons. The molecular weight excluding hydrogens is 244 g/mol. The van der Waals surface area contributed by atoms with Crippen molar-refractivity contribution in [1.29, 1.82) is 0 Å². The first-order valence-corrected chi connectivity index (χ1v) is 6.01. The minimum Gasteiger partial charge on any atom is -0.496 e. The van der Waals surface area contributed by atoms with Gasteiger partial charge in [0.05, 0.1) is 19.7 Å². The van der Waals surface area contributed by atoms with Crippen LogP contribution in [0.1, 0.15) is 17.2 Å². The van der Waals surface area contributed by atoms with E-state index in [1.54, 1.807) is 14.2 Å². The third kappa shape index (κ3) is 2.68. The van der Waals surface area contributed by atoms with Gasteiger partial charge in [0.25, 0.3) is 0 Å². The molecule has 0 amide bonds. The van der Waals surface area contributed by atoms with E-state index in [1.807, 2.05) is 25.1 Å². The standard InChI is InChI=1S/C13H18N4O2/c1-9-4-5-12(19-3)10(6-9)11(14)7-17-13(18)16(2)8-15-17/h4-6,8,11H,7,14H2,1-3H3. The summed E-state index contributed by atoms with van der Waals surface area (Å²) in [7, 11) is 3.26. The van der Waals surface area contributed by atoms with E-state index < -0.39 is 0 Å². The zero-order chi connectivity index (χ0) is 14.0. The van der Waals surface area contributed by atoms with E-state index in [0.717, 1.165) is 16.9 Å². The Morgan fingerprint density at radius 2 is 2.21 bits per heavy atom. The fraction of sp³-hybridized carbons (Fsp3) is 0.385. The Labute approximate surface area is 111 Å². The quantitative estimate of drug-likeness (QED) is 0.875. The van der Waals surface area contributed by atoms with Gasteiger partial charge >= 0.3 is 5.69 Å². The Hall–Kier alpha value is -2.08. The Balaban J connectivity index is 2.29. The summed E-state index contributed by atoms with van der Waals surface area (Å²) in [6.07, 6.45) is 1.47. The molecule has 6 nitrogen and oxygen atoms in total. The zero-order valence-electron chi connectivity index (χ0n) is 11.3. The number of nitrogens with zero attached hydrogens (tertiary/aromatic N) is 3. The third-order valence-electron chi connectivity index (χ3n) is 3.04. The summed E-state index contributed by atoms with van der Waals surface area (Å²) in [5, 5.41) is 4.01. The van der Waals surface area contributed by atoms with Crippen LogP contribution in [0.2, 0.25) is 0 Å². The minimum absolute atomic E-state index is 0.179. The summed E-state index contributed by atoms with van der Waals surface area (Å²) in [4.78, 5) is 11.7. The minimum atomic E-state index is -0.345. The largest absolute Gasteiger partial charge is 0.496 e. The predicted octanol–water partition coefficient (Wildman–Crippen LogP) is 0.599. The van der Waals surface area contributed by atoms with Crippen LogP contribution in [0.4, 0.5) is 0 Å². The number of ether oxygens (including phenoxy) is 1. The molecule has 0 aliphatic carbocycles. The van der Waals surface area contributed by atoms with Crippen molar-refractivity contribution in [2.24, 2.45) is 12.8 Å². The predicted molar refractivity (Wildman–Crippen MR) is 72.1 cm³/mol. The van der Waals surface area contributed by atoms with Gasteiger partial charge < -0.3 is 10.5 Å². The van der Waals surface area contributed by atoms with Crippen molar-refractivity contribution in [2.75, 3.05) is 7.11 Å². The molecule has 1 atom stereocenters. The number of hydrogen-bond donors (Lipinski definition) is 1. The smallest absolute Gasteiger partial charge is 0.345 e. The molecule has 1 aromatic heterocycles. The van der Waals surface area contributed by atoms with Crippen molar-refractivity contribution in [3.8, 4) is 5.75 Å². The molecule has 1 unspecified atom stereocenters. The maximum Gasteiger partial charge on any atom is 0.345 e. The summed E-state index contributed by atoms with van der Waals surface area (Å²) in [5.74, 6) is 0.724. The average Bonchev–Trinajstić information content (AvgIpc) is 2.70. The molecule has 102 valence electrons. The Kier molecular flexibility index (Phi) is 3.71. The normalized spacial score (nSPS) is 12.4. The first kappa shape index (κ1) is 13.4. The van der Waals surface area contributed by atoms with Gasteiger partial charge in [-0.05, 0) is 13.0 Å². The first-order valence-electron chi connectivity index (χ1n) is 6.01. The lowest BCUT2D eigenvalue weighted by Crippen LogP contribution is -2.28. The zero-order valence-corrected chi connectivity index (χ0v) is 11.3. The van der Waals surface area contributed by atoms with Gasteiger partial charge in [0.15, 0.2) is 0 Å². The van der Waals surface area contributed by atoms with Gasteiger partial charge in [0.1, 0.15) is 12.1 Å². The second-order valence-corrected chi connectivity index (χ2v) is 4.56. The molecule has 0 spiro atoms. The molecule has 19 heavy (non-hydrogen) atoms. The second-order valence-electron chi connectivity index (χ2n) is 4.56. The van der Waals surface area contributed by atoms with Crippen molar-refractivity contribution in [3.05, 3.63) is 46.1 Å². The molecule has 0 fully saturated rings. The summed E-state index contributed by atoms with van der Waals surface area (Å²) in [5.41, 5.74) is 7.95. The van der Waals surface area contributed by atoms with E-state index in [0.29, 0.717) is 6.54 Å².